The molecule has 2 aromatic rings. The number of allylic oxidation sites excluding steroid dienone is 1. The van der Waals surface area contributed by atoms with Crippen LogP contribution in [-0.2, 0) is 0 Å². The van der Waals surface area contributed by atoms with E-state index in [0.29, 0.717) is 0 Å². The Morgan fingerprint density at radius 3 is 1.67 bits per heavy atom. The first kappa shape index (κ1) is 12.2. The molecule has 3 rings (SSSR count). The first-order valence-corrected chi connectivity index (χ1v) is 5.88. The molecule has 0 aromatic heterocycles. The molecule has 1 aliphatic heterocycles. The second-order valence-corrected chi connectivity index (χ2v) is 3.67. The van der Waals surface area contributed by atoms with Gasteiger partial charge in [-0.2, -0.15) is 0 Å². The number of nitrogens with zero attached hydrogens (tertiary/aromatic N) is 1. The fourth-order valence-electron chi connectivity index (χ4n) is 1.42. The Morgan fingerprint density at radius 1 is 0.778 bits per heavy atom. The van der Waals surface area contributed by atoms with E-state index in [-0.39, 0.29) is 0 Å². The fourth-order valence-corrected chi connectivity index (χ4v) is 1.42. The molecule has 0 saturated heterocycles. The van der Waals surface area contributed by atoms with Crippen molar-refractivity contribution in [2.45, 2.75) is 0 Å². The second-order valence-electron chi connectivity index (χ2n) is 3.67. The van der Waals surface area contributed by atoms with Crippen LogP contribution in [0.1, 0.15) is 0 Å². The number of hydrogen-bond donors (Lipinski definition) is 0. The molecule has 0 unspecified atom stereocenters. The van der Waals surface area contributed by atoms with Crippen molar-refractivity contribution in [1.29, 1.82) is 0 Å². The van der Waals surface area contributed by atoms with Crippen LogP contribution in [-0.4, -0.2) is 13.6 Å². The minimum absolute atomic E-state index is 0.869. The average molecular weight is 235 g/mol. The Hall–Kier alpha value is -2.29. The van der Waals surface area contributed by atoms with Crippen molar-refractivity contribution < 1.29 is 4.74 Å². The minimum Gasteiger partial charge on any atom is -0.457 e. The van der Waals surface area contributed by atoms with Gasteiger partial charge in [0, 0.05) is 6.21 Å². The maximum Gasteiger partial charge on any atom is 0.287 e. The molecule has 18 heavy (non-hydrogen) atoms. The van der Waals surface area contributed by atoms with Gasteiger partial charge in [0.2, 0.25) is 0 Å². The quantitative estimate of drug-likeness (QED) is 0.731. The van der Waals surface area contributed by atoms with Gasteiger partial charge in [-0.25, -0.2) is 0 Å². The predicted octanol–water partition coefficient (Wildman–Crippen LogP) is 3.41. The third kappa shape index (κ3) is 4.30. The summed E-state index contributed by atoms with van der Waals surface area (Å²) in [6.45, 7) is 0. The number of hydrogen-bond acceptors (Lipinski definition) is 2. The van der Waals surface area contributed by atoms with Crippen LogP contribution in [0.3, 0.4) is 0 Å². The molecule has 0 saturated carbocycles. The number of para-hydroxylation sites is 2. The van der Waals surface area contributed by atoms with Gasteiger partial charge in [-0.1, -0.05) is 48.4 Å². The van der Waals surface area contributed by atoms with Crippen LogP contribution >= 0.6 is 0 Å². The summed E-state index contributed by atoms with van der Waals surface area (Å²) < 4.78 is 5.58. The van der Waals surface area contributed by atoms with E-state index in [0.717, 1.165) is 18.9 Å². The summed E-state index contributed by atoms with van der Waals surface area (Å²) in [6.07, 6.45) is 3.75. The lowest BCUT2D eigenvalue weighted by molar-refractivity contribution is 0.482. The molecule has 0 aliphatic carbocycles. The summed E-state index contributed by atoms with van der Waals surface area (Å²) in [4.78, 5) is 3.85. The van der Waals surface area contributed by atoms with Crippen LogP contribution < -0.4 is 4.74 Å². The highest BCUT2D eigenvalue weighted by Gasteiger charge is 1.92. The lowest BCUT2D eigenvalue weighted by Gasteiger charge is -2.03. The molecule has 1 heterocycles. The highest BCUT2D eigenvalue weighted by molar-refractivity contribution is 6.44. The van der Waals surface area contributed by atoms with Crippen LogP contribution in [0.4, 0.5) is 0 Å². The van der Waals surface area contributed by atoms with E-state index >= 15 is 0 Å². The van der Waals surface area contributed by atoms with E-state index in [9.17, 15) is 0 Å². The van der Waals surface area contributed by atoms with Gasteiger partial charge in [0.1, 0.15) is 11.5 Å². The Kier molecular flexibility index (Phi) is 4.82. The molecule has 0 N–H and O–H groups in total. The second kappa shape index (κ2) is 7.12. The lowest BCUT2D eigenvalue weighted by Crippen LogP contribution is -1.81. The maximum absolute atomic E-state index is 5.58. The molecule has 0 amide bonds. The van der Waals surface area contributed by atoms with Crippen molar-refractivity contribution in [3.8, 4) is 11.5 Å². The van der Waals surface area contributed by atoms with Crippen LogP contribution in [0.2, 0.25) is 0 Å². The summed E-state index contributed by atoms with van der Waals surface area (Å²) in [7, 11) is 0.889. The molecule has 2 aromatic carbocycles. The van der Waals surface area contributed by atoms with Crippen LogP contribution in [0, 0.1) is 0 Å². The zero-order chi connectivity index (χ0) is 12.5. The third-order valence-electron chi connectivity index (χ3n) is 2.26. The van der Waals surface area contributed by atoms with Crippen molar-refractivity contribution in [3.05, 3.63) is 72.7 Å². The molecule has 2 nitrogen and oxygen atoms in total. The van der Waals surface area contributed by atoms with Crippen LogP contribution in [0.25, 0.3) is 0 Å². The van der Waals surface area contributed by atoms with Gasteiger partial charge in [0.15, 0.2) is 0 Å². The van der Waals surface area contributed by atoms with E-state index in [2.05, 4.69) is 4.90 Å². The van der Waals surface area contributed by atoms with Gasteiger partial charge >= 0.3 is 0 Å². The van der Waals surface area contributed by atoms with Crippen molar-refractivity contribution >= 4 is 13.6 Å². The molecule has 0 radical (unpaired) electrons. The fraction of sp³-hybridized carbons (Fsp3) is 0. The van der Waals surface area contributed by atoms with Crippen molar-refractivity contribution in [3.63, 3.8) is 0 Å². The van der Waals surface area contributed by atoms with Gasteiger partial charge in [-0.15, -0.1) is 0 Å². The largest absolute Gasteiger partial charge is 0.457 e. The SMILES string of the molecule is B1C=CC=N1.c1ccc(Oc2ccccc2)cc1. The molecule has 0 atom stereocenters. The Morgan fingerprint density at radius 2 is 1.33 bits per heavy atom. The van der Waals surface area contributed by atoms with Crippen LogP contribution in [0.5, 0.6) is 11.5 Å². The highest BCUT2D eigenvalue weighted by Crippen LogP contribution is 2.19. The van der Waals surface area contributed by atoms with Crippen molar-refractivity contribution in [2.24, 2.45) is 4.90 Å². The normalized spacial score (nSPS) is 11.3. The average Bonchev–Trinajstić information content (AvgIpc) is 3.00. The van der Waals surface area contributed by atoms with Gasteiger partial charge in [0.25, 0.3) is 7.41 Å². The van der Waals surface area contributed by atoms with Crippen molar-refractivity contribution in [2.75, 3.05) is 0 Å². The van der Waals surface area contributed by atoms with Gasteiger partial charge in [0.05, 0.1) is 0 Å². The molecule has 0 fully saturated rings. The van der Waals surface area contributed by atoms with Crippen molar-refractivity contribution in [1.82, 2.24) is 0 Å². The standard InChI is InChI=1S/C12H10O.C3H4BN/c1-3-7-11(8-4-1)13-12-9-5-2-6-10-12;1-2-4-5-3-1/h1-10H;1-4H. The summed E-state index contributed by atoms with van der Waals surface area (Å²) in [5.41, 5.74) is 0. The Balaban J connectivity index is 0.000000202. The van der Waals surface area contributed by atoms with E-state index < -0.39 is 0 Å². The molecule has 1 aliphatic rings. The number of benzene rings is 2. The zero-order valence-electron chi connectivity index (χ0n) is 10.1. The topological polar surface area (TPSA) is 21.6 Å². The smallest absolute Gasteiger partial charge is 0.287 e. The summed E-state index contributed by atoms with van der Waals surface area (Å²) in [6, 6.07) is 19.5. The zero-order valence-corrected chi connectivity index (χ0v) is 10.1. The molecular weight excluding hydrogens is 221 g/mol. The first-order chi connectivity index (χ1) is 8.95. The molecule has 0 spiro atoms. The molecule has 88 valence electrons. The molecular formula is C15H14BNO. The van der Waals surface area contributed by atoms with Gasteiger partial charge in [-0.05, 0) is 24.3 Å². The van der Waals surface area contributed by atoms with E-state index in [1.165, 1.54) is 0 Å². The van der Waals surface area contributed by atoms with Gasteiger partial charge < -0.3 is 9.64 Å². The molecule has 0 bridgehead atoms. The van der Waals surface area contributed by atoms with E-state index in [4.69, 9.17) is 4.74 Å². The highest BCUT2D eigenvalue weighted by atomic mass is 16.5. The summed E-state index contributed by atoms with van der Waals surface area (Å²) in [5, 5.41) is 0. The predicted molar refractivity (Wildman–Crippen MR) is 77.7 cm³/mol. The van der Waals surface area contributed by atoms with E-state index in [1.54, 1.807) is 6.21 Å². The van der Waals surface area contributed by atoms with Crippen LogP contribution in [0.15, 0.2) is 77.6 Å². The minimum atomic E-state index is 0.869. The molecule has 3 heteroatoms. The number of ether oxygens (including phenoxy) is 1. The lowest BCUT2D eigenvalue weighted by atomic mass is 10.00. The summed E-state index contributed by atoms with van der Waals surface area (Å²) in [5.74, 6) is 3.75. The Labute approximate surface area is 108 Å². The maximum atomic E-state index is 5.58. The third-order valence-corrected chi connectivity index (χ3v) is 2.26. The summed E-state index contributed by atoms with van der Waals surface area (Å²) >= 11 is 0. The Bertz CT molecular complexity index is 461. The first-order valence-electron chi connectivity index (χ1n) is 5.88. The number of rotatable bonds is 2. The van der Waals surface area contributed by atoms with Gasteiger partial charge in [-0.3, -0.25) is 0 Å². The van der Waals surface area contributed by atoms with E-state index in [1.807, 2.05) is 72.7 Å². The monoisotopic (exact) mass is 235 g/mol.